The molecule has 1 aliphatic heterocycles. The summed E-state index contributed by atoms with van der Waals surface area (Å²) in [5, 5.41) is 6.71. The molecule has 3 rings (SSSR count). The zero-order valence-electron chi connectivity index (χ0n) is 19.1. The third-order valence-electron chi connectivity index (χ3n) is 5.31. The Morgan fingerprint density at radius 3 is 2.36 bits per heavy atom. The van der Waals surface area contributed by atoms with E-state index >= 15 is 0 Å². The molecule has 1 heterocycles. The van der Waals surface area contributed by atoms with Crippen molar-refractivity contribution < 1.29 is 18.3 Å². The number of nitrogens with zero attached hydrogens (tertiary/aromatic N) is 2. The molecule has 0 bridgehead atoms. The molecule has 0 spiro atoms. The average Bonchev–Trinajstić information content (AvgIpc) is 2.80. The van der Waals surface area contributed by atoms with Crippen LogP contribution in [-0.4, -0.2) is 56.6 Å². The van der Waals surface area contributed by atoms with Crippen LogP contribution in [0.25, 0.3) is 0 Å². The number of guanidine groups is 1. The Kier molecular flexibility index (Phi) is 11.7. The van der Waals surface area contributed by atoms with Gasteiger partial charge in [-0.3, -0.25) is 4.90 Å². The predicted octanol–water partition coefficient (Wildman–Crippen LogP) is 4.89. The molecule has 0 saturated carbocycles. The number of nitrogens with one attached hydrogen (secondary N) is 2. The first-order chi connectivity index (χ1) is 15.6. The average molecular weight is 574 g/mol. The highest BCUT2D eigenvalue weighted by atomic mass is 127. The molecule has 1 aliphatic rings. The predicted molar refractivity (Wildman–Crippen MR) is 138 cm³/mol. The summed E-state index contributed by atoms with van der Waals surface area (Å²) in [5.41, 5.74) is 1.06. The fraction of sp³-hybridized carbons (Fsp3) is 0.458. The zero-order chi connectivity index (χ0) is 22.8. The number of methoxy groups -OCH3 is 1. The van der Waals surface area contributed by atoms with Crippen LogP contribution in [0.2, 0.25) is 0 Å². The van der Waals surface area contributed by atoms with Gasteiger partial charge in [0.1, 0.15) is 5.75 Å². The number of piperidine rings is 1. The Bertz CT molecular complexity index is 860. The lowest BCUT2D eigenvalue weighted by Crippen LogP contribution is -2.49. The molecule has 6 nitrogen and oxygen atoms in total. The third kappa shape index (κ3) is 8.96. The number of para-hydroxylation sites is 2. The molecular formula is C24H33F2IN4O2. The SMILES string of the molecule is CCNC(=NCc1ccc(Oc2ccccc2OC)cc1)NC1CCN(CC(F)F)CC1.I. The maximum atomic E-state index is 12.6. The fourth-order valence-electron chi connectivity index (χ4n) is 3.63. The first-order valence-corrected chi connectivity index (χ1v) is 11.0. The second-order valence-electron chi connectivity index (χ2n) is 7.70. The molecule has 1 fully saturated rings. The lowest BCUT2D eigenvalue weighted by molar-refractivity contribution is 0.0744. The van der Waals surface area contributed by atoms with Crippen molar-refractivity contribution in [2.24, 2.45) is 4.99 Å². The van der Waals surface area contributed by atoms with Crippen molar-refractivity contribution >= 4 is 29.9 Å². The first kappa shape index (κ1) is 27.1. The van der Waals surface area contributed by atoms with Gasteiger partial charge in [0.05, 0.1) is 20.2 Å². The Labute approximate surface area is 211 Å². The molecule has 0 unspecified atom stereocenters. The van der Waals surface area contributed by atoms with Gasteiger partial charge in [-0.2, -0.15) is 0 Å². The van der Waals surface area contributed by atoms with Gasteiger partial charge in [0.2, 0.25) is 0 Å². The summed E-state index contributed by atoms with van der Waals surface area (Å²) < 4.78 is 36.4. The summed E-state index contributed by atoms with van der Waals surface area (Å²) in [7, 11) is 1.62. The van der Waals surface area contributed by atoms with Crippen molar-refractivity contribution in [1.82, 2.24) is 15.5 Å². The van der Waals surface area contributed by atoms with E-state index in [9.17, 15) is 8.78 Å². The molecule has 0 amide bonds. The topological polar surface area (TPSA) is 58.1 Å². The van der Waals surface area contributed by atoms with Crippen LogP contribution in [0.15, 0.2) is 53.5 Å². The molecule has 182 valence electrons. The summed E-state index contributed by atoms with van der Waals surface area (Å²) in [6.07, 6.45) is -0.622. The number of alkyl halides is 2. The molecule has 33 heavy (non-hydrogen) atoms. The second-order valence-corrected chi connectivity index (χ2v) is 7.70. The van der Waals surface area contributed by atoms with Crippen molar-refractivity contribution in [1.29, 1.82) is 0 Å². The minimum Gasteiger partial charge on any atom is -0.493 e. The van der Waals surface area contributed by atoms with Crippen LogP contribution in [-0.2, 0) is 6.54 Å². The van der Waals surface area contributed by atoms with E-state index in [-0.39, 0.29) is 36.6 Å². The molecule has 2 aromatic rings. The van der Waals surface area contributed by atoms with E-state index in [0.717, 1.165) is 36.7 Å². The molecular weight excluding hydrogens is 541 g/mol. The smallest absolute Gasteiger partial charge is 0.251 e. The first-order valence-electron chi connectivity index (χ1n) is 11.0. The van der Waals surface area contributed by atoms with E-state index < -0.39 is 6.43 Å². The molecule has 2 aromatic carbocycles. The maximum Gasteiger partial charge on any atom is 0.251 e. The quantitative estimate of drug-likeness (QED) is 0.254. The van der Waals surface area contributed by atoms with Crippen LogP contribution in [0, 0.1) is 0 Å². The molecule has 1 saturated heterocycles. The van der Waals surface area contributed by atoms with Crippen molar-refractivity contribution in [2.45, 2.75) is 38.8 Å². The number of hydrogen-bond donors (Lipinski definition) is 2. The van der Waals surface area contributed by atoms with Gasteiger partial charge in [-0.05, 0) is 49.6 Å². The van der Waals surface area contributed by atoms with E-state index in [1.807, 2.05) is 60.4 Å². The van der Waals surface area contributed by atoms with Gasteiger partial charge < -0.3 is 20.1 Å². The molecule has 2 N–H and O–H groups in total. The Hall–Kier alpha value is -2.14. The molecule has 0 aliphatic carbocycles. The van der Waals surface area contributed by atoms with Crippen LogP contribution < -0.4 is 20.1 Å². The molecule has 0 atom stereocenters. The summed E-state index contributed by atoms with van der Waals surface area (Å²) in [6.45, 7) is 4.50. The standard InChI is InChI=1S/C24H32F2N4O2.HI/c1-3-27-24(29-19-12-14-30(15-13-19)17-23(25)26)28-16-18-8-10-20(11-9-18)32-22-7-5-4-6-21(22)31-2;/h4-11,19,23H,3,12-17H2,1-2H3,(H2,27,28,29);1H. The Morgan fingerprint density at radius 2 is 1.76 bits per heavy atom. The van der Waals surface area contributed by atoms with E-state index in [2.05, 4.69) is 15.6 Å². The second kappa shape index (κ2) is 14.2. The normalized spacial score (nSPS) is 15.1. The third-order valence-corrected chi connectivity index (χ3v) is 5.31. The van der Waals surface area contributed by atoms with Gasteiger partial charge in [-0.15, -0.1) is 24.0 Å². The number of halogens is 3. The van der Waals surface area contributed by atoms with Crippen molar-refractivity contribution in [3.05, 3.63) is 54.1 Å². The van der Waals surface area contributed by atoms with Gasteiger partial charge in [0.15, 0.2) is 17.5 Å². The van der Waals surface area contributed by atoms with Crippen molar-refractivity contribution in [3.63, 3.8) is 0 Å². The number of hydrogen-bond acceptors (Lipinski definition) is 4. The number of aliphatic imine (C=N–C) groups is 1. The molecule has 0 aromatic heterocycles. The van der Waals surface area contributed by atoms with Crippen LogP contribution in [0.5, 0.6) is 17.2 Å². The van der Waals surface area contributed by atoms with E-state index in [0.29, 0.717) is 31.1 Å². The van der Waals surface area contributed by atoms with Gasteiger partial charge in [-0.1, -0.05) is 24.3 Å². The van der Waals surface area contributed by atoms with E-state index in [4.69, 9.17) is 9.47 Å². The number of likely N-dealkylation sites (tertiary alicyclic amines) is 1. The molecule has 0 radical (unpaired) electrons. The minimum atomic E-state index is -2.27. The summed E-state index contributed by atoms with van der Waals surface area (Å²) >= 11 is 0. The highest BCUT2D eigenvalue weighted by molar-refractivity contribution is 14.0. The maximum absolute atomic E-state index is 12.6. The van der Waals surface area contributed by atoms with Gasteiger partial charge in [0.25, 0.3) is 6.43 Å². The lowest BCUT2D eigenvalue weighted by Gasteiger charge is -2.32. The monoisotopic (exact) mass is 574 g/mol. The Morgan fingerprint density at radius 1 is 1.09 bits per heavy atom. The zero-order valence-corrected chi connectivity index (χ0v) is 21.4. The van der Waals surface area contributed by atoms with E-state index in [1.54, 1.807) is 7.11 Å². The van der Waals surface area contributed by atoms with Crippen molar-refractivity contribution in [2.75, 3.05) is 33.3 Å². The largest absolute Gasteiger partial charge is 0.493 e. The summed E-state index contributed by atoms with van der Waals surface area (Å²) in [4.78, 5) is 6.51. The highest BCUT2D eigenvalue weighted by Crippen LogP contribution is 2.30. The minimum absolute atomic E-state index is 0. The van der Waals surface area contributed by atoms with Gasteiger partial charge in [0, 0.05) is 25.7 Å². The van der Waals surface area contributed by atoms with Gasteiger partial charge in [-0.25, -0.2) is 13.8 Å². The fourth-order valence-corrected chi connectivity index (χ4v) is 3.63. The van der Waals surface area contributed by atoms with Crippen molar-refractivity contribution in [3.8, 4) is 17.2 Å². The van der Waals surface area contributed by atoms with Crippen LogP contribution in [0.4, 0.5) is 8.78 Å². The Balaban J connectivity index is 0.00000385. The van der Waals surface area contributed by atoms with Gasteiger partial charge >= 0.3 is 0 Å². The highest BCUT2D eigenvalue weighted by Gasteiger charge is 2.21. The number of benzene rings is 2. The van der Waals surface area contributed by atoms with Crippen LogP contribution in [0.3, 0.4) is 0 Å². The van der Waals surface area contributed by atoms with Crippen LogP contribution in [0.1, 0.15) is 25.3 Å². The van der Waals surface area contributed by atoms with Crippen LogP contribution >= 0.6 is 24.0 Å². The molecule has 9 heteroatoms. The number of ether oxygens (including phenoxy) is 2. The lowest BCUT2D eigenvalue weighted by atomic mass is 10.1. The number of rotatable bonds is 9. The van der Waals surface area contributed by atoms with E-state index in [1.165, 1.54) is 0 Å². The summed E-state index contributed by atoms with van der Waals surface area (Å²) in [5.74, 6) is 2.82. The summed E-state index contributed by atoms with van der Waals surface area (Å²) in [6, 6.07) is 15.6.